The van der Waals surface area contributed by atoms with E-state index in [-0.39, 0.29) is 0 Å². The Balaban J connectivity index is 1.03. The lowest BCUT2D eigenvalue weighted by molar-refractivity contribution is 0.670. The van der Waals surface area contributed by atoms with E-state index in [2.05, 4.69) is 146 Å². The van der Waals surface area contributed by atoms with E-state index >= 15 is 0 Å². The van der Waals surface area contributed by atoms with Crippen LogP contribution in [0.25, 0.3) is 110 Å². The number of thiophene rings is 1. The molecule has 0 saturated carbocycles. The van der Waals surface area contributed by atoms with Crippen LogP contribution in [0.15, 0.2) is 192 Å². The minimum absolute atomic E-state index is 0.617. The van der Waals surface area contributed by atoms with Crippen molar-refractivity contribution in [3.63, 3.8) is 0 Å². The Kier molecular flexibility index (Phi) is 7.64. The Hall–Kier alpha value is -7.21. The summed E-state index contributed by atoms with van der Waals surface area (Å²) >= 11 is 1.85. The molecule has 3 heterocycles. The van der Waals surface area contributed by atoms with E-state index in [4.69, 9.17) is 19.4 Å². The van der Waals surface area contributed by atoms with Crippen LogP contribution in [0.2, 0.25) is 0 Å². The second-order valence-corrected chi connectivity index (χ2v) is 15.0. The molecule has 0 aliphatic rings. The van der Waals surface area contributed by atoms with Crippen LogP contribution in [0.3, 0.4) is 0 Å². The number of hydrogen-bond acceptors (Lipinski definition) is 5. The number of rotatable bonds is 6. The predicted molar refractivity (Wildman–Crippen MR) is 233 cm³/mol. The minimum Gasteiger partial charge on any atom is -0.455 e. The zero-order valence-corrected chi connectivity index (χ0v) is 30.9. The fourth-order valence-electron chi connectivity index (χ4n) is 7.86. The Morgan fingerprint density at radius 3 is 1.70 bits per heavy atom. The molecular weight excluding hydrogens is 703 g/mol. The highest BCUT2D eigenvalue weighted by Crippen LogP contribution is 2.46. The van der Waals surface area contributed by atoms with Gasteiger partial charge in [0, 0.05) is 58.8 Å². The van der Waals surface area contributed by atoms with E-state index in [1.165, 1.54) is 31.3 Å². The number of fused-ring (bicyclic) bond motifs is 6. The van der Waals surface area contributed by atoms with Gasteiger partial charge in [0.05, 0.1) is 0 Å². The summed E-state index contributed by atoms with van der Waals surface area (Å²) < 4.78 is 9.31. The fourth-order valence-corrected chi connectivity index (χ4v) is 9.09. The first-order valence-electron chi connectivity index (χ1n) is 18.7. The van der Waals surface area contributed by atoms with Crippen LogP contribution in [-0.2, 0) is 0 Å². The van der Waals surface area contributed by atoms with E-state index < -0.39 is 0 Å². The van der Waals surface area contributed by atoms with Crippen molar-refractivity contribution in [3.05, 3.63) is 188 Å². The highest BCUT2D eigenvalue weighted by molar-refractivity contribution is 7.26. The standard InChI is InChI=1S/C51H31N3OS/c1-3-13-32(14-4-1)36-17-11-18-37(31-36)51-53-49(34-15-5-2-6-16-34)52-50(54-51)35-27-25-33(26-28-35)38-29-30-40(46-43-20-7-9-23-44(43)55-47(38)46)42-22-12-21-41-39-19-8-10-24-45(39)56-48(41)42/h1-31H. The fraction of sp³-hybridized carbons (Fsp3) is 0. The summed E-state index contributed by atoms with van der Waals surface area (Å²) in [6.45, 7) is 0. The molecule has 0 spiro atoms. The molecule has 3 aromatic heterocycles. The smallest absolute Gasteiger partial charge is 0.164 e. The number of furan rings is 1. The van der Waals surface area contributed by atoms with Gasteiger partial charge in [-0.3, -0.25) is 0 Å². The molecule has 0 fully saturated rings. The molecule has 0 unspecified atom stereocenters. The largest absolute Gasteiger partial charge is 0.455 e. The van der Waals surface area contributed by atoms with Crippen LogP contribution in [0.5, 0.6) is 0 Å². The molecule has 11 aromatic rings. The van der Waals surface area contributed by atoms with Crippen LogP contribution >= 0.6 is 11.3 Å². The molecule has 0 N–H and O–H groups in total. The molecule has 8 aromatic carbocycles. The summed E-state index contributed by atoms with van der Waals surface area (Å²) in [5.41, 5.74) is 11.3. The summed E-state index contributed by atoms with van der Waals surface area (Å²) in [6.07, 6.45) is 0. The molecule has 5 heteroatoms. The van der Waals surface area contributed by atoms with Crippen molar-refractivity contribution in [2.24, 2.45) is 0 Å². The van der Waals surface area contributed by atoms with Crippen LogP contribution in [-0.4, -0.2) is 15.0 Å². The molecule has 0 saturated heterocycles. The molecule has 0 aliphatic carbocycles. The van der Waals surface area contributed by atoms with Crippen molar-refractivity contribution < 1.29 is 4.42 Å². The number of aromatic nitrogens is 3. The van der Waals surface area contributed by atoms with Crippen molar-refractivity contribution in [3.8, 4) is 67.5 Å². The Morgan fingerprint density at radius 1 is 0.357 bits per heavy atom. The zero-order chi connectivity index (χ0) is 37.0. The number of hydrogen-bond donors (Lipinski definition) is 0. The molecule has 0 atom stereocenters. The third-order valence-corrected chi connectivity index (χ3v) is 11.8. The van der Waals surface area contributed by atoms with Gasteiger partial charge in [-0.15, -0.1) is 11.3 Å². The van der Waals surface area contributed by atoms with Gasteiger partial charge < -0.3 is 4.42 Å². The molecular formula is C51H31N3OS. The van der Waals surface area contributed by atoms with Crippen LogP contribution in [0.1, 0.15) is 0 Å². The van der Waals surface area contributed by atoms with Gasteiger partial charge in [0.15, 0.2) is 17.5 Å². The SMILES string of the molecule is c1ccc(-c2cccc(-c3nc(-c4ccccc4)nc(-c4ccc(-c5ccc(-c6cccc7c6sc6ccccc67)c6c5oc5ccccc56)cc4)n3)c2)cc1. The summed E-state index contributed by atoms with van der Waals surface area (Å²) in [6, 6.07) is 65.5. The molecule has 56 heavy (non-hydrogen) atoms. The Morgan fingerprint density at radius 2 is 0.911 bits per heavy atom. The van der Waals surface area contributed by atoms with E-state index in [1.54, 1.807) is 0 Å². The third kappa shape index (κ3) is 5.48. The maximum atomic E-state index is 6.73. The highest BCUT2D eigenvalue weighted by Gasteiger charge is 2.20. The molecule has 0 aliphatic heterocycles. The van der Waals surface area contributed by atoms with E-state index in [1.807, 2.05) is 53.8 Å². The van der Waals surface area contributed by atoms with Gasteiger partial charge in [-0.2, -0.15) is 0 Å². The van der Waals surface area contributed by atoms with E-state index in [0.29, 0.717) is 17.5 Å². The predicted octanol–water partition coefficient (Wildman–Crippen LogP) is 14.1. The van der Waals surface area contributed by atoms with Gasteiger partial charge in [0.1, 0.15) is 11.2 Å². The maximum Gasteiger partial charge on any atom is 0.164 e. The lowest BCUT2D eigenvalue weighted by Crippen LogP contribution is -2.00. The molecule has 0 bridgehead atoms. The van der Waals surface area contributed by atoms with Crippen molar-refractivity contribution in [2.75, 3.05) is 0 Å². The highest BCUT2D eigenvalue weighted by atomic mass is 32.1. The van der Waals surface area contributed by atoms with Crippen molar-refractivity contribution >= 4 is 53.4 Å². The average molecular weight is 734 g/mol. The van der Waals surface area contributed by atoms with Crippen molar-refractivity contribution in [2.45, 2.75) is 0 Å². The van der Waals surface area contributed by atoms with E-state index in [9.17, 15) is 0 Å². The lowest BCUT2D eigenvalue weighted by atomic mass is 9.93. The van der Waals surface area contributed by atoms with E-state index in [0.717, 1.165) is 60.9 Å². The quantitative estimate of drug-likeness (QED) is 0.171. The first-order valence-corrected chi connectivity index (χ1v) is 19.5. The second-order valence-electron chi connectivity index (χ2n) is 13.9. The van der Waals surface area contributed by atoms with Gasteiger partial charge in [-0.25, -0.2) is 15.0 Å². The van der Waals surface area contributed by atoms with Gasteiger partial charge in [0.25, 0.3) is 0 Å². The number of nitrogens with zero attached hydrogens (tertiary/aromatic N) is 3. The van der Waals surface area contributed by atoms with Gasteiger partial charge in [-0.1, -0.05) is 164 Å². The monoisotopic (exact) mass is 733 g/mol. The number of benzene rings is 8. The second kappa shape index (κ2) is 13.3. The Bertz CT molecular complexity index is 3240. The van der Waals surface area contributed by atoms with Crippen LogP contribution < -0.4 is 0 Å². The van der Waals surface area contributed by atoms with Gasteiger partial charge in [0.2, 0.25) is 0 Å². The third-order valence-electron chi connectivity index (χ3n) is 10.6. The van der Waals surface area contributed by atoms with Crippen LogP contribution in [0.4, 0.5) is 0 Å². The minimum atomic E-state index is 0.617. The van der Waals surface area contributed by atoms with Crippen molar-refractivity contribution in [1.29, 1.82) is 0 Å². The molecule has 11 rings (SSSR count). The summed E-state index contributed by atoms with van der Waals surface area (Å²) in [5.74, 6) is 1.88. The molecule has 0 amide bonds. The molecule has 0 radical (unpaired) electrons. The van der Waals surface area contributed by atoms with Gasteiger partial charge >= 0.3 is 0 Å². The van der Waals surface area contributed by atoms with Crippen LogP contribution in [0, 0.1) is 0 Å². The Labute approximate surface area is 327 Å². The molecule has 262 valence electrons. The van der Waals surface area contributed by atoms with Gasteiger partial charge in [-0.05, 0) is 46.5 Å². The lowest BCUT2D eigenvalue weighted by Gasteiger charge is -2.11. The topological polar surface area (TPSA) is 51.8 Å². The number of para-hydroxylation sites is 1. The van der Waals surface area contributed by atoms with Crippen molar-refractivity contribution in [1.82, 2.24) is 15.0 Å². The first-order chi connectivity index (χ1) is 27.7. The summed E-state index contributed by atoms with van der Waals surface area (Å²) in [7, 11) is 0. The normalized spacial score (nSPS) is 11.6. The maximum absolute atomic E-state index is 6.73. The molecule has 4 nitrogen and oxygen atoms in total. The average Bonchev–Trinajstić information content (AvgIpc) is 3.86. The summed E-state index contributed by atoms with van der Waals surface area (Å²) in [5, 5.41) is 4.81. The first kappa shape index (κ1) is 32.2. The zero-order valence-electron chi connectivity index (χ0n) is 30.1. The summed E-state index contributed by atoms with van der Waals surface area (Å²) in [4.78, 5) is 15.1.